The van der Waals surface area contributed by atoms with Gasteiger partial charge in [-0.25, -0.2) is 9.59 Å². The summed E-state index contributed by atoms with van der Waals surface area (Å²) in [6, 6.07) is 10.6. The number of carbonyl (C=O) groups is 3. The molecule has 0 bridgehead atoms. The third-order valence-corrected chi connectivity index (χ3v) is 7.95. The molecule has 11 heteroatoms. The first-order valence-corrected chi connectivity index (χ1v) is 14.1. The molecular weight excluding hydrogens is 575 g/mol. The van der Waals surface area contributed by atoms with Crippen LogP contribution in [0.5, 0.6) is 0 Å². The highest BCUT2D eigenvalue weighted by Crippen LogP contribution is 2.35. The van der Waals surface area contributed by atoms with Gasteiger partial charge in [0.05, 0.1) is 28.3 Å². The van der Waals surface area contributed by atoms with Crippen molar-refractivity contribution in [3.05, 3.63) is 92.6 Å². The predicted octanol–water partition coefficient (Wildman–Crippen LogP) is 5.56. The molecule has 2 atom stereocenters. The lowest BCUT2D eigenvalue weighted by atomic mass is 9.94. The number of rotatable bonds is 8. The van der Waals surface area contributed by atoms with Crippen molar-refractivity contribution in [1.29, 1.82) is 0 Å². The summed E-state index contributed by atoms with van der Waals surface area (Å²) >= 11 is 18.4. The largest absolute Gasteiger partial charge is 0.463 e. The molecule has 2 heterocycles. The van der Waals surface area contributed by atoms with Crippen LogP contribution in [-0.2, 0) is 9.53 Å². The minimum Gasteiger partial charge on any atom is -0.463 e. The average Bonchev–Trinajstić information content (AvgIpc) is 2.92. The van der Waals surface area contributed by atoms with Gasteiger partial charge in [-0.2, -0.15) is 0 Å². The number of nitrogens with one attached hydrogen (secondary N) is 1. The van der Waals surface area contributed by atoms with Gasteiger partial charge in [-0.1, -0.05) is 46.9 Å². The number of amides is 3. The number of benzene rings is 2. The van der Waals surface area contributed by atoms with E-state index in [1.807, 2.05) is 11.8 Å². The second-order valence-electron chi connectivity index (χ2n) is 9.63. The van der Waals surface area contributed by atoms with Gasteiger partial charge < -0.3 is 15.0 Å². The minimum atomic E-state index is -0.789. The first kappa shape index (κ1) is 29.9. The van der Waals surface area contributed by atoms with Crippen molar-refractivity contribution in [2.75, 3.05) is 39.3 Å². The van der Waals surface area contributed by atoms with Crippen LogP contribution < -0.4 is 5.32 Å². The monoisotopic (exact) mass is 604 g/mol. The molecular formula is C29H31Cl3N4O4. The average molecular weight is 606 g/mol. The van der Waals surface area contributed by atoms with Crippen LogP contribution in [0.1, 0.15) is 35.8 Å². The third kappa shape index (κ3) is 6.47. The molecule has 2 aromatic carbocycles. The molecule has 2 aromatic rings. The molecule has 4 rings (SSSR count). The van der Waals surface area contributed by atoms with E-state index in [4.69, 9.17) is 39.5 Å². The Hall–Kier alpha value is -3.04. The maximum absolute atomic E-state index is 13.4. The van der Waals surface area contributed by atoms with E-state index in [0.717, 1.165) is 0 Å². The first-order valence-electron chi connectivity index (χ1n) is 13.0. The Kier molecular flexibility index (Phi) is 9.79. The van der Waals surface area contributed by atoms with Crippen molar-refractivity contribution in [3.8, 4) is 0 Å². The van der Waals surface area contributed by atoms with Crippen molar-refractivity contribution in [2.24, 2.45) is 0 Å². The van der Waals surface area contributed by atoms with Crippen LogP contribution in [0.15, 0.2) is 66.4 Å². The number of esters is 1. The Bertz CT molecular complexity index is 1330. The molecule has 0 aromatic heterocycles. The van der Waals surface area contributed by atoms with Crippen LogP contribution >= 0.6 is 34.8 Å². The number of nitrogens with zero attached hydrogens (tertiary/aromatic N) is 3. The highest BCUT2D eigenvalue weighted by Gasteiger charge is 2.39. The zero-order chi connectivity index (χ0) is 29.0. The summed E-state index contributed by atoms with van der Waals surface area (Å²) in [7, 11) is 0. The summed E-state index contributed by atoms with van der Waals surface area (Å²) in [6.07, 6.45) is 1.60. The second kappa shape index (κ2) is 13.1. The fourth-order valence-electron chi connectivity index (χ4n) is 5.04. The number of hydrogen-bond acceptors (Lipinski definition) is 5. The number of hydrogen-bond donors (Lipinski definition) is 1. The summed E-state index contributed by atoms with van der Waals surface area (Å²) in [4.78, 5) is 45.4. The maximum atomic E-state index is 13.4. The molecule has 0 spiro atoms. The molecule has 2 aliphatic heterocycles. The highest BCUT2D eigenvalue weighted by atomic mass is 35.5. The zero-order valence-corrected chi connectivity index (χ0v) is 24.6. The number of piperazine rings is 1. The van der Waals surface area contributed by atoms with Crippen molar-refractivity contribution in [3.63, 3.8) is 0 Å². The summed E-state index contributed by atoms with van der Waals surface area (Å²) in [5.41, 5.74) is 2.01. The molecule has 8 nitrogen and oxygen atoms in total. The summed E-state index contributed by atoms with van der Waals surface area (Å²) in [5.74, 6) is -0.604. The second-order valence-corrected chi connectivity index (χ2v) is 10.9. The van der Waals surface area contributed by atoms with Crippen molar-refractivity contribution >= 4 is 52.7 Å². The molecule has 1 saturated heterocycles. The molecule has 1 fully saturated rings. The van der Waals surface area contributed by atoms with Gasteiger partial charge in [0, 0.05) is 55.0 Å². The smallest absolute Gasteiger partial charge is 0.338 e. The van der Waals surface area contributed by atoms with E-state index in [2.05, 4.69) is 16.8 Å². The van der Waals surface area contributed by atoms with Gasteiger partial charge in [-0.15, -0.1) is 6.58 Å². The Morgan fingerprint density at radius 2 is 1.82 bits per heavy atom. The Balaban J connectivity index is 1.66. The van der Waals surface area contributed by atoms with Crippen molar-refractivity contribution in [1.82, 2.24) is 20.0 Å². The van der Waals surface area contributed by atoms with Crippen LogP contribution in [0.3, 0.4) is 0 Å². The van der Waals surface area contributed by atoms with Crippen LogP contribution in [-0.4, -0.2) is 78.0 Å². The normalized spacial score (nSPS) is 19.9. The Labute approximate surface area is 249 Å². The van der Waals surface area contributed by atoms with Crippen molar-refractivity contribution in [2.45, 2.75) is 25.9 Å². The van der Waals surface area contributed by atoms with E-state index in [9.17, 15) is 14.4 Å². The van der Waals surface area contributed by atoms with Gasteiger partial charge in [0.2, 0.25) is 0 Å². The van der Waals surface area contributed by atoms with E-state index < -0.39 is 12.0 Å². The first-order chi connectivity index (χ1) is 19.1. The number of halogens is 3. The molecule has 2 unspecified atom stereocenters. The minimum absolute atomic E-state index is 0.0692. The van der Waals surface area contributed by atoms with E-state index in [1.54, 1.807) is 55.5 Å². The van der Waals surface area contributed by atoms with Gasteiger partial charge in [0.1, 0.15) is 0 Å². The number of ether oxygens (including phenoxy) is 1. The van der Waals surface area contributed by atoms with Crippen LogP contribution in [0.2, 0.25) is 15.1 Å². The van der Waals surface area contributed by atoms with Crippen LogP contribution in [0, 0.1) is 0 Å². The van der Waals surface area contributed by atoms with E-state index in [1.165, 1.54) is 4.90 Å². The highest BCUT2D eigenvalue weighted by molar-refractivity contribution is 6.42. The summed E-state index contributed by atoms with van der Waals surface area (Å²) in [5, 5.41) is 4.16. The van der Waals surface area contributed by atoms with Crippen LogP contribution in [0.25, 0.3) is 0 Å². The van der Waals surface area contributed by atoms with Crippen LogP contribution in [0.4, 0.5) is 4.79 Å². The Morgan fingerprint density at radius 1 is 1.10 bits per heavy atom. The molecule has 0 radical (unpaired) electrons. The van der Waals surface area contributed by atoms with Crippen molar-refractivity contribution < 1.29 is 19.1 Å². The zero-order valence-electron chi connectivity index (χ0n) is 22.3. The number of urea groups is 1. The molecule has 3 amide bonds. The maximum Gasteiger partial charge on any atom is 0.338 e. The SMILES string of the molecule is C=CCN1C(=O)NC(c2ccc(Cl)c(Cl)c2)C(C(=O)OCC)=C1CN1CCN(C(=O)c2ccc(Cl)cc2)C(C)C1. The van der Waals surface area contributed by atoms with E-state index >= 15 is 0 Å². The fourth-order valence-corrected chi connectivity index (χ4v) is 5.47. The van der Waals surface area contributed by atoms with Gasteiger partial charge in [0.15, 0.2) is 0 Å². The topological polar surface area (TPSA) is 82.2 Å². The van der Waals surface area contributed by atoms with Gasteiger partial charge in [-0.05, 0) is 55.8 Å². The standard InChI is InChI=1S/C29H31Cl3N4O4/c1-4-12-36-24(17-34-13-14-35(18(3)16-34)27(37)19-6-9-21(30)10-7-19)25(28(38)40-5-2)26(33-29(36)39)20-8-11-22(31)23(32)15-20/h4,6-11,15,18,26H,1,5,12-14,16-17H2,2-3H3,(H,33,39). The Morgan fingerprint density at radius 3 is 2.45 bits per heavy atom. The lowest BCUT2D eigenvalue weighted by Crippen LogP contribution is -2.56. The molecule has 212 valence electrons. The van der Waals surface area contributed by atoms with Gasteiger partial charge in [0.25, 0.3) is 5.91 Å². The molecule has 0 aliphatic carbocycles. The third-order valence-electron chi connectivity index (χ3n) is 6.96. The van der Waals surface area contributed by atoms with Gasteiger partial charge >= 0.3 is 12.0 Å². The molecule has 0 saturated carbocycles. The fraction of sp³-hybridized carbons (Fsp3) is 0.345. The predicted molar refractivity (Wildman–Crippen MR) is 157 cm³/mol. The lowest BCUT2D eigenvalue weighted by molar-refractivity contribution is -0.139. The molecule has 2 aliphatic rings. The molecule has 1 N–H and O–H groups in total. The summed E-state index contributed by atoms with van der Waals surface area (Å²) < 4.78 is 5.45. The molecule has 40 heavy (non-hydrogen) atoms. The van der Waals surface area contributed by atoms with E-state index in [-0.39, 0.29) is 31.1 Å². The lowest BCUT2D eigenvalue weighted by Gasteiger charge is -2.43. The van der Waals surface area contributed by atoms with E-state index in [0.29, 0.717) is 63.6 Å². The van der Waals surface area contributed by atoms with Gasteiger partial charge in [-0.3, -0.25) is 14.6 Å². The quantitative estimate of drug-likeness (QED) is 0.315. The number of carbonyl (C=O) groups excluding carboxylic acids is 3. The summed E-state index contributed by atoms with van der Waals surface area (Å²) in [6.45, 7) is 9.73.